The van der Waals surface area contributed by atoms with Crippen LogP contribution in [0.15, 0.2) is 21.1 Å². The Bertz CT molecular complexity index is 443. The van der Waals surface area contributed by atoms with Crippen LogP contribution in [0.1, 0.15) is 25.8 Å². The van der Waals surface area contributed by atoms with Gasteiger partial charge in [0.25, 0.3) is 5.91 Å². The zero-order valence-electron chi connectivity index (χ0n) is 11.9. The minimum Gasteiger partial charge on any atom is -0.479 e. The van der Waals surface area contributed by atoms with Gasteiger partial charge in [0.05, 0.1) is 8.95 Å². The Labute approximate surface area is 136 Å². The highest BCUT2D eigenvalue weighted by Gasteiger charge is 2.17. The summed E-state index contributed by atoms with van der Waals surface area (Å²) in [6, 6.07) is 4.00. The van der Waals surface area contributed by atoms with Crippen molar-refractivity contribution >= 4 is 37.8 Å². The van der Waals surface area contributed by atoms with Gasteiger partial charge in [-0.3, -0.25) is 4.79 Å². The fraction of sp³-hybridized carbons (Fsp3) is 0.500. The van der Waals surface area contributed by atoms with Crippen molar-refractivity contribution in [2.24, 2.45) is 0 Å². The van der Waals surface area contributed by atoms with Crippen molar-refractivity contribution in [1.29, 1.82) is 0 Å². The highest BCUT2D eigenvalue weighted by atomic mass is 79.9. The molecule has 2 N–H and O–H groups in total. The van der Waals surface area contributed by atoms with Gasteiger partial charge in [0.2, 0.25) is 0 Å². The van der Waals surface area contributed by atoms with E-state index in [0.29, 0.717) is 5.75 Å². The topological polar surface area (TPSA) is 50.4 Å². The fourth-order valence-electron chi connectivity index (χ4n) is 1.67. The summed E-state index contributed by atoms with van der Waals surface area (Å²) in [6.45, 7) is 5.64. The summed E-state index contributed by atoms with van der Waals surface area (Å²) in [5.74, 6) is 0.484. The lowest BCUT2D eigenvalue weighted by atomic mass is 10.2. The molecule has 6 heteroatoms. The second kappa shape index (κ2) is 8.64. The third-order valence-electron chi connectivity index (χ3n) is 2.72. The molecule has 112 valence electrons. The monoisotopic (exact) mass is 406 g/mol. The second-order valence-electron chi connectivity index (χ2n) is 4.44. The largest absolute Gasteiger partial charge is 0.479 e. The van der Waals surface area contributed by atoms with Crippen LogP contribution in [0.4, 0.5) is 0 Å². The molecule has 0 aliphatic carbocycles. The maximum Gasteiger partial charge on any atom is 0.260 e. The van der Waals surface area contributed by atoms with E-state index in [4.69, 9.17) is 4.74 Å². The molecular weight excluding hydrogens is 388 g/mol. The molecule has 4 nitrogen and oxygen atoms in total. The van der Waals surface area contributed by atoms with Crippen LogP contribution < -0.4 is 15.4 Å². The van der Waals surface area contributed by atoms with E-state index in [0.717, 1.165) is 34.0 Å². The van der Waals surface area contributed by atoms with E-state index < -0.39 is 6.10 Å². The van der Waals surface area contributed by atoms with Crippen LogP contribution in [0.25, 0.3) is 0 Å². The second-order valence-corrected chi connectivity index (χ2v) is 6.15. The Kier molecular flexibility index (Phi) is 7.55. The number of carbonyl (C=O) groups excluding carboxylic acids is 1. The van der Waals surface area contributed by atoms with Crippen LogP contribution in [0, 0.1) is 0 Å². The number of rotatable bonds is 7. The van der Waals surface area contributed by atoms with Gasteiger partial charge in [-0.05, 0) is 69.4 Å². The fourth-order valence-corrected chi connectivity index (χ4v) is 3.14. The quantitative estimate of drug-likeness (QED) is 0.682. The first kappa shape index (κ1) is 17.5. The van der Waals surface area contributed by atoms with Gasteiger partial charge in [-0.2, -0.15) is 0 Å². The molecule has 0 heterocycles. The van der Waals surface area contributed by atoms with Gasteiger partial charge in [-0.25, -0.2) is 0 Å². The SMILES string of the molecule is CCCNCc1cc(Br)c(OC(C)C(=O)NC)c(Br)c1. The Balaban J connectivity index is 2.81. The van der Waals surface area contributed by atoms with Gasteiger partial charge in [-0.1, -0.05) is 6.92 Å². The molecule has 0 fully saturated rings. The molecule has 0 aliphatic heterocycles. The molecule has 1 unspecified atom stereocenters. The number of nitrogens with one attached hydrogen (secondary N) is 2. The minimum absolute atomic E-state index is 0.155. The highest BCUT2D eigenvalue weighted by Crippen LogP contribution is 2.35. The van der Waals surface area contributed by atoms with Crippen molar-refractivity contribution in [1.82, 2.24) is 10.6 Å². The smallest absolute Gasteiger partial charge is 0.260 e. The van der Waals surface area contributed by atoms with Gasteiger partial charge in [0.1, 0.15) is 5.75 Å². The third-order valence-corrected chi connectivity index (χ3v) is 3.90. The predicted octanol–water partition coefficient (Wildman–Crippen LogP) is 3.22. The predicted molar refractivity (Wildman–Crippen MR) is 88.0 cm³/mol. The summed E-state index contributed by atoms with van der Waals surface area (Å²) in [5, 5.41) is 5.91. The van der Waals surface area contributed by atoms with Crippen molar-refractivity contribution < 1.29 is 9.53 Å². The number of benzene rings is 1. The molecule has 0 spiro atoms. The molecule has 1 amide bonds. The minimum atomic E-state index is -0.545. The first-order valence-electron chi connectivity index (χ1n) is 6.56. The average Bonchev–Trinajstić information content (AvgIpc) is 2.42. The molecule has 1 rings (SSSR count). The number of carbonyl (C=O) groups is 1. The molecule has 1 aromatic carbocycles. The number of hydrogen-bond donors (Lipinski definition) is 2. The molecule has 0 aliphatic rings. The number of amides is 1. The van der Waals surface area contributed by atoms with Crippen LogP contribution in [0.5, 0.6) is 5.75 Å². The summed E-state index contributed by atoms with van der Waals surface area (Å²) in [4.78, 5) is 11.5. The molecule has 0 aromatic heterocycles. The zero-order chi connectivity index (χ0) is 15.1. The number of ether oxygens (including phenoxy) is 1. The van der Waals surface area contributed by atoms with E-state index in [2.05, 4.69) is 49.4 Å². The lowest BCUT2D eigenvalue weighted by Gasteiger charge is -2.17. The summed E-state index contributed by atoms with van der Waals surface area (Å²) >= 11 is 6.98. The van der Waals surface area contributed by atoms with E-state index in [9.17, 15) is 4.79 Å². The molecule has 0 bridgehead atoms. The maximum atomic E-state index is 11.5. The van der Waals surface area contributed by atoms with Crippen molar-refractivity contribution in [2.45, 2.75) is 32.9 Å². The number of hydrogen-bond acceptors (Lipinski definition) is 3. The van der Waals surface area contributed by atoms with Crippen molar-refractivity contribution in [2.75, 3.05) is 13.6 Å². The van der Waals surface area contributed by atoms with Gasteiger partial charge in [0, 0.05) is 13.6 Å². The van der Waals surface area contributed by atoms with Crippen molar-refractivity contribution in [3.63, 3.8) is 0 Å². The summed E-state index contributed by atoms with van der Waals surface area (Å²) in [6.07, 6.45) is 0.560. The Hall–Kier alpha value is -0.590. The van der Waals surface area contributed by atoms with Crippen LogP contribution in [0.3, 0.4) is 0 Å². The van der Waals surface area contributed by atoms with Crippen molar-refractivity contribution in [3.8, 4) is 5.75 Å². The standard InChI is InChI=1S/C14H20Br2N2O2/c1-4-5-18-8-10-6-11(15)13(12(16)7-10)20-9(2)14(19)17-3/h6-7,9,18H,4-5,8H2,1-3H3,(H,17,19). The lowest BCUT2D eigenvalue weighted by Crippen LogP contribution is -2.33. The van der Waals surface area contributed by atoms with Crippen LogP contribution >= 0.6 is 31.9 Å². The molecule has 1 aromatic rings. The van der Waals surface area contributed by atoms with E-state index in [-0.39, 0.29) is 5.91 Å². The van der Waals surface area contributed by atoms with E-state index in [1.165, 1.54) is 0 Å². The van der Waals surface area contributed by atoms with E-state index in [1.54, 1.807) is 14.0 Å². The molecule has 1 atom stereocenters. The Morgan fingerprint density at radius 3 is 2.45 bits per heavy atom. The van der Waals surface area contributed by atoms with Crippen LogP contribution in [-0.4, -0.2) is 25.6 Å². The zero-order valence-corrected chi connectivity index (χ0v) is 15.1. The van der Waals surface area contributed by atoms with Gasteiger partial charge in [0.15, 0.2) is 6.10 Å². The third kappa shape index (κ3) is 5.07. The summed E-state index contributed by atoms with van der Waals surface area (Å²) in [7, 11) is 1.59. The average molecular weight is 408 g/mol. The van der Waals surface area contributed by atoms with Gasteiger partial charge < -0.3 is 15.4 Å². The van der Waals surface area contributed by atoms with E-state index >= 15 is 0 Å². The Morgan fingerprint density at radius 1 is 1.35 bits per heavy atom. The first-order valence-corrected chi connectivity index (χ1v) is 8.15. The molecule has 20 heavy (non-hydrogen) atoms. The summed E-state index contributed by atoms with van der Waals surface area (Å²) in [5.41, 5.74) is 1.15. The van der Waals surface area contributed by atoms with Gasteiger partial charge in [-0.15, -0.1) is 0 Å². The highest BCUT2D eigenvalue weighted by molar-refractivity contribution is 9.11. The lowest BCUT2D eigenvalue weighted by molar-refractivity contribution is -0.126. The maximum absolute atomic E-state index is 11.5. The summed E-state index contributed by atoms with van der Waals surface area (Å²) < 4.78 is 7.34. The number of likely N-dealkylation sites (N-methyl/N-ethyl adjacent to an activating group) is 1. The van der Waals surface area contributed by atoms with Crippen LogP contribution in [-0.2, 0) is 11.3 Å². The first-order chi connectivity index (χ1) is 9.49. The van der Waals surface area contributed by atoms with Crippen molar-refractivity contribution in [3.05, 3.63) is 26.6 Å². The Morgan fingerprint density at radius 2 is 1.95 bits per heavy atom. The number of halogens is 2. The molecular formula is C14H20Br2N2O2. The normalized spacial score (nSPS) is 12.1. The van der Waals surface area contributed by atoms with Gasteiger partial charge >= 0.3 is 0 Å². The van der Waals surface area contributed by atoms with Crippen LogP contribution in [0.2, 0.25) is 0 Å². The molecule has 0 radical (unpaired) electrons. The molecule has 0 saturated carbocycles. The van der Waals surface area contributed by atoms with E-state index in [1.807, 2.05) is 12.1 Å². The molecule has 0 saturated heterocycles.